The van der Waals surface area contributed by atoms with Crippen LogP contribution < -0.4 is 11.1 Å². The molecule has 2 aliphatic heterocycles. The van der Waals surface area contributed by atoms with E-state index in [4.69, 9.17) is 10.5 Å². The number of rotatable bonds is 5. The zero-order valence-corrected chi connectivity index (χ0v) is 11.2. The summed E-state index contributed by atoms with van der Waals surface area (Å²) in [5.41, 5.74) is 5.53. The molecule has 0 bridgehead atoms. The molecule has 18 heavy (non-hydrogen) atoms. The minimum absolute atomic E-state index is 0.0738. The molecule has 2 saturated heterocycles. The number of hydrogen-bond donors (Lipinski definition) is 2. The number of carbonyl (C=O) groups is 1. The lowest BCUT2D eigenvalue weighted by molar-refractivity contribution is -0.124. The summed E-state index contributed by atoms with van der Waals surface area (Å²) in [7, 11) is 1.60. The largest absolute Gasteiger partial charge is 0.380 e. The van der Waals surface area contributed by atoms with Gasteiger partial charge in [-0.15, -0.1) is 0 Å². The highest BCUT2D eigenvalue weighted by atomic mass is 16.5. The first-order valence-corrected chi connectivity index (χ1v) is 7.01. The number of ether oxygens (including phenoxy) is 1. The van der Waals surface area contributed by atoms with Crippen LogP contribution in [-0.2, 0) is 9.53 Å². The maximum Gasteiger partial charge on any atom is 0.222 e. The van der Waals surface area contributed by atoms with Crippen molar-refractivity contribution in [3.63, 3.8) is 0 Å². The second-order valence-corrected chi connectivity index (χ2v) is 5.36. The average molecular weight is 255 g/mol. The smallest absolute Gasteiger partial charge is 0.222 e. The van der Waals surface area contributed by atoms with Gasteiger partial charge < -0.3 is 15.8 Å². The van der Waals surface area contributed by atoms with Crippen LogP contribution in [-0.4, -0.2) is 55.7 Å². The van der Waals surface area contributed by atoms with Crippen LogP contribution in [0.15, 0.2) is 0 Å². The molecule has 0 radical (unpaired) electrons. The fraction of sp³-hybridized carbons (Fsp3) is 0.923. The van der Waals surface area contributed by atoms with Crippen LogP contribution >= 0.6 is 0 Å². The van der Waals surface area contributed by atoms with Crippen LogP contribution in [0.25, 0.3) is 0 Å². The normalized spacial score (nSPS) is 29.9. The summed E-state index contributed by atoms with van der Waals surface area (Å²) in [6.07, 6.45) is 5.10. The monoisotopic (exact) mass is 255 g/mol. The van der Waals surface area contributed by atoms with Gasteiger partial charge in [-0.2, -0.15) is 0 Å². The van der Waals surface area contributed by atoms with Gasteiger partial charge in [0, 0.05) is 32.3 Å². The zero-order valence-electron chi connectivity index (χ0n) is 11.2. The van der Waals surface area contributed by atoms with E-state index < -0.39 is 0 Å². The van der Waals surface area contributed by atoms with E-state index in [1.165, 1.54) is 25.8 Å². The van der Waals surface area contributed by atoms with E-state index in [0.29, 0.717) is 25.0 Å². The molecule has 0 aliphatic carbocycles. The molecule has 0 spiro atoms. The number of nitrogens with one attached hydrogen (secondary N) is 1. The molecule has 0 saturated carbocycles. The topological polar surface area (TPSA) is 67.6 Å². The Morgan fingerprint density at radius 2 is 2.28 bits per heavy atom. The Kier molecular flexibility index (Phi) is 4.97. The predicted octanol–water partition coefficient (Wildman–Crippen LogP) is 0.0932. The average Bonchev–Trinajstić information content (AvgIpc) is 2.79. The van der Waals surface area contributed by atoms with E-state index in [2.05, 4.69) is 10.2 Å². The maximum absolute atomic E-state index is 11.9. The van der Waals surface area contributed by atoms with E-state index in [0.717, 1.165) is 13.0 Å². The number of carbonyl (C=O) groups excluding carboxylic acids is 1. The Morgan fingerprint density at radius 1 is 1.44 bits per heavy atom. The number of methoxy groups -OCH3 is 1. The predicted molar refractivity (Wildman–Crippen MR) is 70.2 cm³/mol. The van der Waals surface area contributed by atoms with Crippen molar-refractivity contribution in [3.05, 3.63) is 0 Å². The van der Waals surface area contributed by atoms with E-state index >= 15 is 0 Å². The van der Waals surface area contributed by atoms with Gasteiger partial charge in [-0.1, -0.05) is 6.42 Å². The van der Waals surface area contributed by atoms with E-state index in [1.807, 2.05) is 0 Å². The lowest BCUT2D eigenvalue weighted by atomic mass is 9.99. The van der Waals surface area contributed by atoms with Gasteiger partial charge in [-0.05, 0) is 25.8 Å². The van der Waals surface area contributed by atoms with Gasteiger partial charge >= 0.3 is 0 Å². The number of fused-ring (bicyclic) bond motifs is 1. The Labute approximate surface area is 109 Å². The Balaban J connectivity index is 1.80. The van der Waals surface area contributed by atoms with Gasteiger partial charge in [0.2, 0.25) is 5.91 Å². The minimum atomic E-state index is -0.158. The highest BCUT2D eigenvalue weighted by molar-refractivity contribution is 5.77. The summed E-state index contributed by atoms with van der Waals surface area (Å²) in [6.45, 7) is 2.71. The lowest BCUT2D eigenvalue weighted by Gasteiger charge is -2.32. The molecule has 2 rings (SSSR count). The van der Waals surface area contributed by atoms with Gasteiger partial charge in [0.15, 0.2) is 0 Å². The zero-order chi connectivity index (χ0) is 13.0. The molecule has 0 aromatic heterocycles. The number of nitrogens with two attached hydrogens (primary N) is 1. The van der Waals surface area contributed by atoms with Gasteiger partial charge in [0.1, 0.15) is 0 Å². The maximum atomic E-state index is 11.9. The van der Waals surface area contributed by atoms with Gasteiger partial charge in [-0.25, -0.2) is 0 Å². The Bertz CT molecular complexity index is 281. The number of nitrogens with zero attached hydrogens (tertiary/aromatic N) is 1. The molecule has 3 unspecified atom stereocenters. The van der Waals surface area contributed by atoms with Crippen LogP contribution in [0.2, 0.25) is 0 Å². The Morgan fingerprint density at radius 3 is 3.00 bits per heavy atom. The molecule has 3 atom stereocenters. The molecule has 0 aromatic rings. The molecule has 0 aromatic carbocycles. The van der Waals surface area contributed by atoms with Crippen molar-refractivity contribution in [1.29, 1.82) is 0 Å². The first-order chi connectivity index (χ1) is 8.74. The number of amides is 1. The third kappa shape index (κ3) is 3.22. The number of piperidine rings is 1. The molecule has 3 N–H and O–H groups in total. The molecule has 1 amide bonds. The molecule has 5 heteroatoms. The second-order valence-electron chi connectivity index (χ2n) is 5.36. The van der Waals surface area contributed by atoms with Crippen molar-refractivity contribution in [2.45, 2.75) is 50.3 Å². The summed E-state index contributed by atoms with van der Waals surface area (Å²) in [5.74, 6) is 0.0738. The van der Waals surface area contributed by atoms with Crippen LogP contribution in [0.3, 0.4) is 0 Å². The van der Waals surface area contributed by atoms with Crippen molar-refractivity contribution >= 4 is 5.91 Å². The van der Waals surface area contributed by atoms with Crippen LogP contribution in [0.5, 0.6) is 0 Å². The Hall–Kier alpha value is -0.650. The van der Waals surface area contributed by atoms with Gasteiger partial charge in [0.05, 0.1) is 12.5 Å². The fourth-order valence-corrected chi connectivity index (χ4v) is 3.15. The standard InChI is InChI=1S/C13H25N3O2/c1-18-10(9-14)8-13(17)15-11-5-7-16-6-3-2-4-12(11)16/h10-12H,2-9,14H2,1H3,(H,15,17). The SMILES string of the molecule is COC(CN)CC(=O)NC1CCN2CCCCC12. The molecular weight excluding hydrogens is 230 g/mol. The van der Waals surface area contributed by atoms with Crippen LogP contribution in [0, 0.1) is 0 Å². The second kappa shape index (κ2) is 6.50. The molecule has 5 nitrogen and oxygen atoms in total. The fourth-order valence-electron chi connectivity index (χ4n) is 3.15. The van der Waals surface area contributed by atoms with Crippen molar-refractivity contribution in [2.24, 2.45) is 5.73 Å². The molecule has 2 heterocycles. The van der Waals surface area contributed by atoms with Gasteiger partial charge in [0.25, 0.3) is 0 Å². The van der Waals surface area contributed by atoms with E-state index in [1.54, 1.807) is 7.11 Å². The minimum Gasteiger partial charge on any atom is -0.380 e. The molecular formula is C13H25N3O2. The lowest BCUT2D eigenvalue weighted by Crippen LogP contribution is -2.47. The summed E-state index contributed by atoms with van der Waals surface area (Å²) < 4.78 is 5.14. The van der Waals surface area contributed by atoms with E-state index in [9.17, 15) is 4.79 Å². The van der Waals surface area contributed by atoms with Gasteiger partial charge in [-0.3, -0.25) is 9.69 Å². The molecule has 104 valence electrons. The highest BCUT2D eigenvalue weighted by Crippen LogP contribution is 2.27. The quantitative estimate of drug-likeness (QED) is 0.731. The van der Waals surface area contributed by atoms with Crippen molar-refractivity contribution < 1.29 is 9.53 Å². The first kappa shape index (κ1) is 13.8. The summed E-state index contributed by atoms with van der Waals surface area (Å²) in [5, 5.41) is 3.16. The first-order valence-electron chi connectivity index (χ1n) is 7.01. The van der Waals surface area contributed by atoms with Crippen LogP contribution in [0.1, 0.15) is 32.1 Å². The van der Waals surface area contributed by atoms with Crippen molar-refractivity contribution in [2.75, 3.05) is 26.7 Å². The van der Waals surface area contributed by atoms with Crippen molar-refractivity contribution in [1.82, 2.24) is 10.2 Å². The third-order valence-electron chi connectivity index (χ3n) is 4.21. The number of hydrogen-bond acceptors (Lipinski definition) is 4. The summed E-state index contributed by atoms with van der Waals surface area (Å²) >= 11 is 0. The summed E-state index contributed by atoms with van der Waals surface area (Å²) in [4.78, 5) is 14.5. The summed E-state index contributed by atoms with van der Waals surface area (Å²) in [6, 6.07) is 0.884. The van der Waals surface area contributed by atoms with Crippen molar-refractivity contribution in [3.8, 4) is 0 Å². The third-order valence-corrected chi connectivity index (χ3v) is 4.21. The molecule has 2 fully saturated rings. The highest BCUT2D eigenvalue weighted by Gasteiger charge is 2.36. The molecule has 2 aliphatic rings. The van der Waals surface area contributed by atoms with Crippen LogP contribution in [0.4, 0.5) is 0 Å². The van der Waals surface area contributed by atoms with E-state index in [-0.39, 0.29) is 12.0 Å².